The summed E-state index contributed by atoms with van der Waals surface area (Å²) in [6.45, 7) is 4.31. The van der Waals surface area contributed by atoms with Gasteiger partial charge >= 0.3 is 0 Å². The van der Waals surface area contributed by atoms with Gasteiger partial charge < -0.3 is 10.6 Å². The van der Waals surface area contributed by atoms with E-state index in [0.717, 1.165) is 30.8 Å². The smallest absolute Gasteiger partial charge is 0.238 e. The van der Waals surface area contributed by atoms with E-state index in [1.165, 1.54) is 6.42 Å². The van der Waals surface area contributed by atoms with E-state index in [9.17, 15) is 4.79 Å². The Labute approximate surface area is 137 Å². The van der Waals surface area contributed by atoms with Crippen LogP contribution in [0.25, 0.3) is 0 Å². The lowest BCUT2D eigenvalue weighted by atomic mass is 10.1. The van der Waals surface area contributed by atoms with Crippen molar-refractivity contribution in [2.75, 3.05) is 32.0 Å². The Hall–Kier alpha value is -0.810. The Morgan fingerprint density at radius 3 is 2.90 bits per heavy atom. The fourth-order valence-electron chi connectivity index (χ4n) is 2.59. The molecule has 2 N–H and O–H groups in total. The van der Waals surface area contributed by atoms with Gasteiger partial charge in [0.25, 0.3) is 0 Å². The Balaban J connectivity index is 0.00000220. The Kier molecular flexibility index (Phi) is 7.46. The van der Waals surface area contributed by atoms with Crippen LogP contribution >= 0.6 is 24.0 Å². The number of nitrogens with one attached hydrogen (secondary N) is 2. The van der Waals surface area contributed by atoms with Crippen LogP contribution in [-0.2, 0) is 4.79 Å². The number of amides is 1. The van der Waals surface area contributed by atoms with Crippen molar-refractivity contribution in [3.05, 3.63) is 28.8 Å². The van der Waals surface area contributed by atoms with E-state index >= 15 is 0 Å². The summed E-state index contributed by atoms with van der Waals surface area (Å²) >= 11 is 5.91. The Morgan fingerprint density at radius 1 is 1.48 bits per heavy atom. The molecule has 1 saturated heterocycles. The van der Waals surface area contributed by atoms with Gasteiger partial charge in [-0.15, -0.1) is 12.4 Å². The highest BCUT2D eigenvalue weighted by molar-refractivity contribution is 6.30. The molecule has 0 aliphatic carbocycles. The molecule has 1 fully saturated rings. The number of anilines is 1. The molecular weight excluding hydrogens is 309 g/mol. The van der Waals surface area contributed by atoms with Crippen molar-refractivity contribution in [3.8, 4) is 0 Å². The molecule has 1 aliphatic rings. The van der Waals surface area contributed by atoms with E-state index in [-0.39, 0.29) is 18.3 Å². The first-order valence-corrected chi connectivity index (χ1v) is 7.42. The minimum atomic E-state index is 0. The fourth-order valence-corrected chi connectivity index (χ4v) is 2.82. The summed E-state index contributed by atoms with van der Waals surface area (Å²) in [7, 11) is 1.98. The van der Waals surface area contributed by atoms with E-state index in [0.29, 0.717) is 17.6 Å². The van der Waals surface area contributed by atoms with E-state index in [1.807, 2.05) is 26.1 Å². The lowest BCUT2D eigenvalue weighted by molar-refractivity contribution is -0.117. The van der Waals surface area contributed by atoms with Crippen LogP contribution in [0.1, 0.15) is 18.4 Å². The summed E-state index contributed by atoms with van der Waals surface area (Å²) in [5.74, 6) is 0.0344. The summed E-state index contributed by atoms with van der Waals surface area (Å²) in [5.41, 5.74) is 1.82. The average molecular weight is 332 g/mol. The summed E-state index contributed by atoms with van der Waals surface area (Å²) in [5, 5.41) is 6.93. The fraction of sp³-hybridized carbons (Fsp3) is 0.533. The number of carbonyl (C=O) groups is 1. The largest absolute Gasteiger partial charge is 0.325 e. The number of hydrogen-bond acceptors (Lipinski definition) is 3. The second-order valence-corrected chi connectivity index (χ2v) is 5.81. The first kappa shape index (κ1) is 18.2. The normalized spacial score (nSPS) is 18.9. The Morgan fingerprint density at radius 2 is 2.24 bits per heavy atom. The third-order valence-electron chi connectivity index (χ3n) is 3.74. The molecule has 0 radical (unpaired) electrons. The van der Waals surface area contributed by atoms with Crippen LogP contribution in [-0.4, -0.2) is 43.5 Å². The van der Waals surface area contributed by atoms with Crippen LogP contribution in [0.4, 0.5) is 5.69 Å². The molecule has 0 saturated carbocycles. The van der Waals surface area contributed by atoms with E-state index in [2.05, 4.69) is 15.5 Å². The molecule has 6 heteroatoms. The van der Waals surface area contributed by atoms with Crippen molar-refractivity contribution in [3.63, 3.8) is 0 Å². The summed E-state index contributed by atoms with van der Waals surface area (Å²) < 4.78 is 0. The third-order valence-corrected chi connectivity index (χ3v) is 3.98. The standard InChI is InChI=1S/C15H22ClN3O.ClH/c1-11-8-12(16)5-6-14(11)18-15(20)10-19-7-3-4-13(9-19)17-2;/h5-6,8,13,17H,3-4,7,9-10H2,1-2H3,(H,18,20);1H. The van der Waals surface area contributed by atoms with Gasteiger partial charge in [-0.05, 0) is 57.1 Å². The second kappa shape index (κ2) is 8.59. The lowest BCUT2D eigenvalue weighted by Crippen LogP contribution is -2.46. The molecule has 1 aliphatic heterocycles. The number of piperidine rings is 1. The summed E-state index contributed by atoms with van der Waals surface area (Å²) in [4.78, 5) is 14.3. The van der Waals surface area contributed by atoms with Gasteiger partial charge in [-0.1, -0.05) is 11.6 Å². The van der Waals surface area contributed by atoms with Crippen LogP contribution < -0.4 is 10.6 Å². The minimum absolute atomic E-state index is 0. The third kappa shape index (κ3) is 5.47. The van der Waals surface area contributed by atoms with Crippen LogP contribution in [0.3, 0.4) is 0 Å². The maximum atomic E-state index is 12.1. The molecule has 0 bridgehead atoms. The highest BCUT2D eigenvalue weighted by atomic mass is 35.5. The molecule has 0 spiro atoms. The van der Waals surface area contributed by atoms with Crippen LogP contribution in [0.15, 0.2) is 18.2 Å². The zero-order valence-corrected chi connectivity index (χ0v) is 14.1. The zero-order valence-electron chi connectivity index (χ0n) is 12.5. The summed E-state index contributed by atoms with van der Waals surface area (Å²) in [6, 6.07) is 5.99. The maximum absolute atomic E-state index is 12.1. The first-order chi connectivity index (χ1) is 9.58. The number of rotatable bonds is 4. The average Bonchev–Trinajstić information content (AvgIpc) is 2.42. The Bertz CT molecular complexity index is 482. The number of hydrogen-bond donors (Lipinski definition) is 2. The number of carbonyl (C=O) groups excluding carboxylic acids is 1. The highest BCUT2D eigenvalue weighted by Gasteiger charge is 2.20. The van der Waals surface area contributed by atoms with Crippen molar-refractivity contribution < 1.29 is 4.79 Å². The number of aryl methyl sites for hydroxylation is 1. The van der Waals surface area contributed by atoms with Crippen LogP contribution in [0, 0.1) is 6.92 Å². The van der Waals surface area contributed by atoms with Gasteiger partial charge in [-0.25, -0.2) is 0 Å². The van der Waals surface area contributed by atoms with Gasteiger partial charge in [0.15, 0.2) is 0 Å². The maximum Gasteiger partial charge on any atom is 0.238 e. The topological polar surface area (TPSA) is 44.4 Å². The van der Waals surface area contributed by atoms with Gasteiger partial charge in [0.1, 0.15) is 0 Å². The predicted octanol–water partition coefficient (Wildman–Crippen LogP) is 2.69. The second-order valence-electron chi connectivity index (χ2n) is 5.37. The number of likely N-dealkylation sites (tertiary alicyclic amines) is 1. The number of halogens is 2. The van der Waals surface area contributed by atoms with Crippen molar-refractivity contribution in [2.45, 2.75) is 25.8 Å². The molecule has 1 heterocycles. The first-order valence-electron chi connectivity index (χ1n) is 7.04. The van der Waals surface area contributed by atoms with Gasteiger partial charge in [0.2, 0.25) is 5.91 Å². The quantitative estimate of drug-likeness (QED) is 0.891. The van der Waals surface area contributed by atoms with E-state index in [4.69, 9.17) is 11.6 Å². The molecule has 1 aromatic rings. The minimum Gasteiger partial charge on any atom is -0.325 e. The van der Waals surface area contributed by atoms with Crippen molar-refractivity contribution >= 4 is 35.6 Å². The molecule has 21 heavy (non-hydrogen) atoms. The number of nitrogens with zero attached hydrogens (tertiary/aromatic N) is 1. The van der Waals surface area contributed by atoms with Gasteiger partial charge in [0, 0.05) is 23.3 Å². The van der Waals surface area contributed by atoms with Crippen molar-refractivity contribution in [1.29, 1.82) is 0 Å². The molecule has 2 rings (SSSR count). The molecule has 0 aromatic heterocycles. The van der Waals surface area contributed by atoms with Crippen molar-refractivity contribution in [2.24, 2.45) is 0 Å². The highest BCUT2D eigenvalue weighted by Crippen LogP contribution is 2.19. The number of benzene rings is 1. The van der Waals surface area contributed by atoms with E-state index in [1.54, 1.807) is 6.07 Å². The molecule has 118 valence electrons. The predicted molar refractivity (Wildman–Crippen MR) is 90.6 cm³/mol. The SMILES string of the molecule is CNC1CCCN(CC(=O)Nc2ccc(Cl)cc2C)C1.Cl. The van der Waals surface area contributed by atoms with Gasteiger partial charge in [-0.2, -0.15) is 0 Å². The van der Waals surface area contributed by atoms with Crippen LogP contribution in [0.2, 0.25) is 5.02 Å². The molecule has 1 unspecified atom stereocenters. The summed E-state index contributed by atoms with van der Waals surface area (Å²) in [6.07, 6.45) is 2.32. The van der Waals surface area contributed by atoms with Crippen molar-refractivity contribution in [1.82, 2.24) is 10.2 Å². The molecule has 4 nitrogen and oxygen atoms in total. The molecular formula is C15H23Cl2N3O. The monoisotopic (exact) mass is 331 g/mol. The van der Waals surface area contributed by atoms with Crippen LogP contribution in [0.5, 0.6) is 0 Å². The molecule has 1 aromatic carbocycles. The lowest BCUT2D eigenvalue weighted by Gasteiger charge is -2.31. The van der Waals surface area contributed by atoms with Gasteiger partial charge in [-0.3, -0.25) is 9.69 Å². The van der Waals surface area contributed by atoms with Gasteiger partial charge in [0.05, 0.1) is 6.54 Å². The number of likely N-dealkylation sites (N-methyl/N-ethyl adjacent to an activating group) is 1. The van der Waals surface area contributed by atoms with E-state index < -0.39 is 0 Å². The zero-order chi connectivity index (χ0) is 14.5. The molecule has 1 atom stereocenters. The molecule has 1 amide bonds.